The highest BCUT2D eigenvalue weighted by Gasteiger charge is 2.32. The Hall–Kier alpha value is -1.62. The first kappa shape index (κ1) is 14.3. The molecule has 1 unspecified atom stereocenters. The van der Waals surface area contributed by atoms with Gasteiger partial charge in [-0.25, -0.2) is 4.98 Å². The third-order valence-corrected chi connectivity index (χ3v) is 4.18. The standard InChI is InChI=1S/C16H22N2O3/c1-12-3-2-4-15(17-12)21-14-5-8-18(11-14)16(19)13-6-9-20-10-7-13/h2-4,13-14H,5-11H2,1H3. The number of carbonyl (C=O) groups excluding carboxylic acids is 1. The van der Waals surface area contributed by atoms with Crippen LogP contribution >= 0.6 is 0 Å². The average molecular weight is 290 g/mol. The average Bonchev–Trinajstić information content (AvgIpc) is 2.96. The van der Waals surface area contributed by atoms with Crippen molar-refractivity contribution in [1.29, 1.82) is 0 Å². The van der Waals surface area contributed by atoms with E-state index in [1.165, 1.54) is 0 Å². The van der Waals surface area contributed by atoms with Crippen molar-refractivity contribution in [1.82, 2.24) is 9.88 Å². The molecule has 0 bridgehead atoms. The Kier molecular flexibility index (Phi) is 4.39. The lowest BCUT2D eigenvalue weighted by molar-refractivity contribution is -0.137. The van der Waals surface area contributed by atoms with Gasteiger partial charge in [-0.1, -0.05) is 6.07 Å². The molecule has 3 rings (SSSR count). The molecule has 0 N–H and O–H groups in total. The zero-order valence-corrected chi connectivity index (χ0v) is 12.5. The summed E-state index contributed by atoms with van der Waals surface area (Å²) in [5.41, 5.74) is 0.945. The highest BCUT2D eigenvalue weighted by molar-refractivity contribution is 5.79. The zero-order valence-electron chi connectivity index (χ0n) is 12.5. The summed E-state index contributed by atoms with van der Waals surface area (Å²) < 4.78 is 11.2. The fraction of sp³-hybridized carbons (Fsp3) is 0.625. The molecular formula is C16H22N2O3. The van der Waals surface area contributed by atoms with Crippen LogP contribution in [0.2, 0.25) is 0 Å². The van der Waals surface area contributed by atoms with Gasteiger partial charge in [-0.15, -0.1) is 0 Å². The quantitative estimate of drug-likeness (QED) is 0.852. The number of likely N-dealkylation sites (tertiary alicyclic amines) is 1. The number of nitrogens with zero attached hydrogens (tertiary/aromatic N) is 2. The number of hydrogen-bond donors (Lipinski definition) is 0. The van der Waals surface area contributed by atoms with E-state index in [9.17, 15) is 4.79 Å². The summed E-state index contributed by atoms with van der Waals surface area (Å²) in [4.78, 5) is 18.7. The Morgan fingerprint density at radius 1 is 1.33 bits per heavy atom. The van der Waals surface area contributed by atoms with Crippen LogP contribution in [0.4, 0.5) is 0 Å². The fourth-order valence-electron chi connectivity index (χ4n) is 2.98. The maximum absolute atomic E-state index is 12.5. The third-order valence-electron chi connectivity index (χ3n) is 4.18. The van der Waals surface area contributed by atoms with Gasteiger partial charge in [-0.3, -0.25) is 4.79 Å². The van der Waals surface area contributed by atoms with E-state index < -0.39 is 0 Å². The van der Waals surface area contributed by atoms with Crippen molar-refractivity contribution in [3.05, 3.63) is 23.9 Å². The van der Waals surface area contributed by atoms with Gasteiger partial charge in [0, 0.05) is 43.9 Å². The van der Waals surface area contributed by atoms with Crippen molar-refractivity contribution < 1.29 is 14.3 Å². The van der Waals surface area contributed by atoms with Crippen LogP contribution in [0.1, 0.15) is 25.0 Å². The minimum absolute atomic E-state index is 0.0584. The number of rotatable bonds is 3. The summed E-state index contributed by atoms with van der Waals surface area (Å²) in [6, 6.07) is 5.76. The van der Waals surface area contributed by atoms with E-state index in [2.05, 4.69) is 4.98 Å². The van der Waals surface area contributed by atoms with Crippen LogP contribution < -0.4 is 4.74 Å². The Labute approximate surface area is 125 Å². The molecule has 114 valence electrons. The highest BCUT2D eigenvalue weighted by Crippen LogP contribution is 2.22. The Balaban J connectivity index is 1.54. The van der Waals surface area contributed by atoms with Crippen LogP contribution in [-0.4, -0.2) is 48.2 Å². The molecular weight excluding hydrogens is 268 g/mol. The minimum atomic E-state index is 0.0584. The second-order valence-corrected chi connectivity index (χ2v) is 5.82. The summed E-state index contributed by atoms with van der Waals surface area (Å²) in [5.74, 6) is 1.05. The second kappa shape index (κ2) is 6.43. The van der Waals surface area contributed by atoms with Gasteiger partial charge < -0.3 is 14.4 Å². The summed E-state index contributed by atoms with van der Waals surface area (Å²) in [5, 5.41) is 0. The van der Waals surface area contributed by atoms with Gasteiger partial charge in [0.05, 0.1) is 6.54 Å². The van der Waals surface area contributed by atoms with Crippen LogP contribution in [-0.2, 0) is 9.53 Å². The lowest BCUT2D eigenvalue weighted by Crippen LogP contribution is -2.38. The van der Waals surface area contributed by atoms with Gasteiger partial charge in [0.15, 0.2) is 0 Å². The molecule has 0 radical (unpaired) electrons. The van der Waals surface area contributed by atoms with Gasteiger partial charge in [0.1, 0.15) is 6.10 Å². The number of aryl methyl sites for hydroxylation is 1. The molecule has 1 atom stereocenters. The molecule has 2 fully saturated rings. The van der Waals surface area contributed by atoms with Crippen LogP contribution in [0.15, 0.2) is 18.2 Å². The Morgan fingerprint density at radius 3 is 2.90 bits per heavy atom. The first-order valence-electron chi connectivity index (χ1n) is 7.69. The normalized spacial score (nSPS) is 23.3. The van der Waals surface area contributed by atoms with Gasteiger partial charge in [0.2, 0.25) is 11.8 Å². The molecule has 2 aliphatic heterocycles. The number of amides is 1. The van der Waals surface area contributed by atoms with E-state index in [1.807, 2.05) is 30.0 Å². The number of pyridine rings is 1. The van der Waals surface area contributed by atoms with Crippen molar-refractivity contribution >= 4 is 5.91 Å². The first-order chi connectivity index (χ1) is 10.2. The zero-order chi connectivity index (χ0) is 14.7. The van der Waals surface area contributed by atoms with E-state index in [0.717, 1.165) is 31.5 Å². The largest absolute Gasteiger partial charge is 0.472 e. The highest BCUT2D eigenvalue weighted by atomic mass is 16.5. The smallest absolute Gasteiger partial charge is 0.225 e. The molecule has 1 aromatic heterocycles. The predicted octanol–water partition coefficient (Wildman–Crippen LogP) is 1.80. The van der Waals surface area contributed by atoms with Gasteiger partial charge in [-0.2, -0.15) is 0 Å². The lowest BCUT2D eigenvalue weighted by atomic mass is 9.99. The maximum Gasteiger partial charge on any atom is 0.225 e. The third kappa shape index (κ3) is 3.53. The summed E-state index contributed by atoms with van der Waals surface area (Å²) in [6.45, 7) is 4.82. The minimum Gasteiger partial charge on any atom is -0.472 e. The Morgan fingerprint density at radius 2 is 2.14 bits per heavy atom. The fourth-order valence-corrected chi connectivity index (χ4v) is 2.98. The van der Waals surface area contributed by atoms with Gasteiger partial charge in [-0.05, 0) is 25.8 Å². The molecule has 1 amide bonds. The molecule has 0 saturated carbocycles. The molecule has 5 nitrogen and oxygen atoms in total. The molecule has 0 spiro atoms. The molecule has 2 saturated heterocycles. The number of aromatic nitrogens is 1. The van der Waals surface area contributed by atoms with Crippen molar-refractivity contribution in [3.63, 3.8) is 0 Å². The van der Waals surface area contributed by atoms with Crippen LogP contribution in [0.25, 0.3) is 0 Å². The maximum atomic E-state index is 12.5. The predicted molar refractivity (Wildman–Crippen MR) is 78.1 cm³/mol. The number of hydrogen-bond acceptors (Lipinski definition) is 4. The van der Waals surface area contributed by atoms with Crippen molar-refractivity contribution in [2.45, 2.75) is 32.3 Å². The number of carbonyl (C=O) groups is 1. The van der Waals surface area contributed by atoms with Crippen LogP contribution in [0.5, 0.6) is 5.88 Å². The Bertz CT molecular complexity index is 500. The van der Waals surface area contributed by atoms with E-state index in [-0.39, 0.29) is 17.9 Å². The van der Waals surface area contributed by atoms with Gasteiger partial charge in [0.25, 0.3) is 0 Å². The van der Waals surface area contributed by atoms with Crippen LogP contribution in [0, 0.1) is 12.8 Å². The summed E-state index contributed by atoms with van der Waals surface area (Å²) in [7, 11) is 0. The molecule has 0 aliphatic carbocycles. The van der Waals surface area contributed by atoms with E-state index in [1.54, 1.807) is 0 Å². The first-order valence-corrected chi connectivity index (χ1v) is 7.69. The lowest BCUT2D eigenvalue weighted by Gasteiger charge is -2.26. The monoisotopic (exact) mass is 290 g/mol. The van der Waals surface area contributed by atoms with Crippen molar-refractivity contribution in [3.8, 4) is 5.88 Å². The molecule has 5 heteroatoms. The molecule has 2 aliphatic rings. The van der Waals surface area contributed by atoms with Gasteiger partial charge >= 0.3 is 0 Å². The number of ether oxygens (including phenoxy) is 2. The molecule has 1 aromatic rings. The van der Waals surface area contributed by atoms with Crippen LogP contribution in [0.3, 0.4) is 0 Å². The SMILES string of the molecule is Cc1cccc(OC2CCN(C(=O)C3CCOCC3)C2)n1. The van der Waals surface area contributed by atoms with E-state index in [4.69, 9.17) is 9.47 Å². The van der Waals surface area contributed by atoms with E-state index >= 15 is 0 Å². The molecule has 0 aromatic carbocycles. The molecule has 21 heavy (non-hydrogen) atoms. The molecule has 3 heterocycles. The van der Waals surface area contributed by atoms with Crippen molar-refractivity contribution in [2.24, 2.45) is 5.92 Å². The van der Waals surface area contributed by atoms with Crippen molar-refractivity contribution in [2.75, 3.05) is 26.3 Å². The summed E-state index contributed by atoms with van der Waals surface area (Å²) >= 11 is 0. The van der Waals surface area contributed by atoms with E-state index in [0.29, 0.717) is 25.6 Å². The second-order valence-electron chi connectivity index (χ2n) is 5.82. The topological polar surface area (TPSA) is 51.7 Å². The summed E-state index contributed by atoms with van der Waals surface area (Å²) in [6.07, 6.45) is 2.63.